The maximum absolute atomic E-state index is 0. The summed E-state index contributed by atoms with van der Waals surface area (Å²) in [7, 11) is 0. The van der Waals surface area contributed by atoms with Gasteiger partial charge in [0.2, 0.25) is 0 Å². The average molecular weight is 393 g/mol. The van der Waals surface area contributed by atoms with Crippen molar-refractivity contribution in [1.82, 2.24) is 0 Å². The van der Waals surface area contributed by atoms with E-state index in [1.807, 2.05) is 0 Å². The fourth-order valence-corrected chi connectivity index (χ4v) is 0. The second-order valence-corrected chi connectivity index (χ2v) is 0. The van der Waals surface area contributed by atoms with E-state index in [-0.39, 0.29) is 121 Å². The van der Waals surface area contributed by atoms with E-state index in [1.165, 1.54) is 0 Å². The molecule has 0 atom stereocenters. The Morgan fingerprint density at radius 1 is 1.00 bits per heavy atom. The number of hydrogen-bond acceptors (Lipinski definition) is 0. The van der Waals surface area contributed by atoms with Gasteiger partial charge < -0.3 is 0 Å². The molecule has 0 rings (SSSR count). The van der Waals surface area contributed by atoms with Gasteiger partial charge in [-0.25, -0.2) is 0 Å². The van der Waals surface area contributed by atoms with Crippen molar-refractivity contribution >= 4 is 64.8 Å². The molecule has 0 spiro atoms. The minimum absolute atomic E-state index is 0. The fourth-order valence-electron chi connectivity index (χ4n) is 0. The van der Waals surface area contributed by atoms with Crippen molar-refractivity contribution in [3.8, 4) is 0 Å². The Hall–Kier alpha value is 3.90. The zero-order chi connectivity index (χ0) is 0. The van der Waals surface area contributed by atoms with Gasteiger partial charge >= 0.3 is 47.5 Å². The van der Waals surface area contributed by atoms with E-state index in [9.17, 15) is 0 Å². The van der Waals surface area contributed by atoms with E-state index in [1.54, 1.807) is 0 Å². The first-order valence-corrected chi connectivity index (χ1v) is 0. The second kappa shape index (κ2) is 36.5. The van der Waals surface area contributed by atoms with Crippen molar-refractivity contribution in [3.05, 3.63) is 0 Å². The summed E-state index contributed by atoms with van der Waals surface area (Å²) in [6, 6.07) is 0. The molecule has 0 heterocycles. The molecule has 6 heavy (non-hydrogen) atoms. The molecule has 0 aliphatic rings. The van der Waals surface area contributed by atoms with Crippen LogP contribution in [0.25, 0.3) is 0 Å². The molecular weight excluding hydrogens is 385 g/mol. The van der Waals surface area contributed by atoms with E-state index < -0.39 is 0 Å². The van der Waals surface area contributed by atoms with Gasteiger partial charge in [-0.3, -0.25) is 0 Å². The minimum atomic E-state index is 0. The van der Waals surface area contributed by atoms with Crippen molar-refractivity contribution in [1.29, 1.82) is 0 Å². The molecule has 0 bridgehead atoms. The molecule has 6 heteroatoms. The Bertz CT molecular complexity index is 15.5. The molecule has 0 aliphatic carbocycles. The summed E-state index contributed by atoms with van der Waals surface area (Å²) in [4.78, 5) is 0. The molecule has 0 N–H and O–H groups in total. The molecule has 0 aromatic heterocycles. The van der Waals surface area contributed by atoms with Crippen LogP contribution in [-0.2, 0) is 56.5 Å². The van der Waals surface area contributed by atoms with Gasteiger partial charge in [0.1, 0.15) is 0 Å². The van der Waals surface area contributed by atoms with Gasteiger partial charge in [-0.2, -0.15) is 0 Å². The molecule has 0 nitrogen and oxygen atoms in total. The van der Waals surface area contributed by atoms with Crippen LogP contribution in [0.5, 0.6) is 0 Å². The maximum atomic E-state index is 0. The predicted octanol–water partition coefficient (Wildman–Crippen LogP) is -3.29. The van der Waals surface area contributed by atoms with Crippen LogP contribution in [-0.4, -0.2) is 64.8 Å². The summed E-state index contributed by atoms with van der Waals surface area (Å²) in [6.45, 7) is 0. The van der Waals surface area contributed by atoms with Gasteiger partial charge in [-0.05, 0) is 0 Å². The van der Waals surface area contributed by atoms with Crippen molar-refractivity contribution in [2.75, 3.05) is 0 Å². The van der Waals surface area contributed by atoms with Crippen LogP contribution < -0.4 is 0 Å². The van der Waals surface area contributed by atoms with Crippen molar-refractivity contribution in [2.45, 2.75) is 0 Å². The summed E-state index contributed by atoms with van der Waals surface area (Å²) in [6.07, 6.45) is 0. The molecule has 0 amide bonds. The van der Waals surface area contributed by atoms with Crippen LogP contribution in [0.4, 0.5) is 0 Å². The quantitative estimate of drug-likeness (QED) is 0.379. The summed E-state index contributed by atoms with van der Waals surface area (Å²) in [5.41, 5.74) is 0. The van der Waals surface area contributed by atoms with Gasteiger partial charge in [0.05, 0.1) is 0 Å². The summed E-state index contributed by atoms with van der Waals surface area (Å²) in [5.74, 6) is 0. The molecule has 0 saturated carbocycles. The first-order valence-electron chi connectivity index (χ1n) is 0. The normalized spacial score (nSPS) is 0. The first-order chi connectivity index (χ1) is 0. The summed E-state index contributed by atoms with van der Waals surface area (Å²) >= 11 is 0. The van der Waals surface area contributed by atoms with Crippen LogP contribution in [0.1, 0.15) is 0 Å². The molecule has 0 unspecified atom stereocenters. The number of hydrogen-bond donors (Lipinski definition) is 0. The van der Waals surface area contributed by atoms with Crippen LogP contribution >= 0.6 is 0 Å². The molecule has 42 valence electrons. The first kappa shape index (κ1) is 51.6. The van der Waals surface area contributed by atoms with Crippen molar-refractivity contribution < 1.29 is 56.5 Å². The Morgan fingerprint density at radius 2 is 1.00 bits per heavy atom. The van der Waals surface area contributed by atoms with E-state index >= 15 is 0 Å². The number of rotatable bonds is 0. The van der Waals surface area contributed by atoms with Crippen LogP contribution in [0.3, 0.4) is 0 Å². The standard InChI is InChI=1S/Al.Cu.Fe.Mg.Nb.Sb.8H. The molecule has 2 radical (unpaired) electrons. The van der Waals surface area contributed by atoms with E-state index in [4.69, 9.17) is 0 Å². The zero-order valence-electron chi connectivity index (χ0n) is 1.81. The van der Waals surface area contributed by atoms with Gasteiger partial charge in [0, 0.05) is 56.5 Å². The van der Waals surface area contributed by atoms with Crippen molar-refractivity contribution in [3.63, 3.8) is 0 Å². The third-order valence-corrected chi connectivity index (χ3v) is 0. The van der Waals surface area contributed by atoms with Gasteiger partial charge in [0.15, 0.2) is 17.4 Å². The van der Waals surface area contributed by atoms with Gasteiger partial charge in [0.25, 0.3) is 0 Å². The van der Waals surface area contributed by atoms with E-state index in [0.717, 1.165) is 0 Å². The Balaban J connectivity index is 0. The average Bonchev–Trinajstić information content (AvgIpc) is 0. The second-order valence-electron chi connectivity index (χ2n) is 0. The molecule has 0 saturated heterocycles. The molecule has 0 aliphatic heterocycles. The third-order valence-electron chi connectivity index (χ3n) is 0. The topological polar surface area (TPSA) is 0 Å². The molecule has 0 aromatic rings. The Labute approximate surface area is 119 Å². The summed E-state index contributed by atoms with van der Waals surface area (Å²) < 4.78 is 0. The van der Waals surface area contributed by atoms with E-state index in [2.05, 4.69) is 0 Å². The summed E-state index contributed by atoms with van der Waals surface area (Å²) in [5, 5.41) is 0. The Kier molecular flexibility index (Phi) is 314. The molecule has 0 fully saturated rings. The third kappa shape index (κ3) is 24.7. The fraction of sp³-hybridized carbons (Fsp3) is 0. The Morgan fingerprint density at radius 3 is 1.00 bits per heavy atom. The monoisotopic (exact) mass is 392 g/mol. The van der Waals surface area contributed by atoms with Crippen LogP contribution in [0.15, 0.2) is 0 Å². The molecule has 0 aromatic carbocycles. The van der Waals surface area contributed by atoms with Crippen LogP contribution in [0.2, 0.25) is 0 Å². The van der Waals surface area contributed by atoms with Gasteiger partial charge in [-0.1, -0.05) is 0 Å². The zero-order valence-corrected chi connectivity index (χ0v) is 10.1. The van der Waals surface area contributed by atoms with Gasteiger partial charge in [-0.15, -0.1) is 0 Å². The SMILES string of the molecule is [AlH3].[Cu].[Fe].[MgH2].[Nb].[SbH3]. The van der Waals surface area contributed by atoms with Crippen molar-refractivity contribution in [2.24, 2.45) is 0 Å². The van der Waals surface area contributed by atoms with E-state index in [0.29, 0.717) is 0 Å². The molecular formula is H8AlCuFeMgNbSb. The van der Waals surface area contributed by atoms with Crippen LogP contribution in [0, 0.1) is 0 Å². The predicted molar refractivity (Wildman–Crippen MR) is 28.4 cm³/mol.